The molecule has 1 amide bonds. The van der Waals surface area contributed by atoms with Gasteiger partial charge < -0.3 is 0 Å². The molecule has 0 unspecified atom stereocenters. The van der Waals surface area contributed by atoms with E-state index in [0.717, 1.165) is 16.5 Å². The molecular weight excluding hydrogens is 228 g/mol. The first-order valence-electron chi connectivity index (χ1n) is 5.92. The Morgan fingerprint density at radius 2 is 2.11 bits per heavy atom. The van der Waals surface area contributed by atoms with E-state index in [4.69, 9.17) is 4.84 Å². The molecule has 0 bridgehead atoms. The average Bonchev–Trinajstić information content (AvgIpc) is 2.35. The number of rotatable bonds is 3. The van der Waals surface area contributed by atoms with Crippen LogP contribution in [0.5, 0.6) is 0 Å². The normalized spacial score (nSPS) is 10.6. The molecule has 2 rings (SSSR count). The third kappa shape index (κ3) is 2.49. The zero-order chi connectivity index (χ0) is 13.1. The van der Waals surface area contributed by atoms with Gasteiger partial charge in [-0.1, -0.05) is 11.6 Å². The summed E-state index contributed by atoms with van der Waals surface area (Å²) in [4.78, 5) is 21.2. The molecule has 0 saturated carbocycles. The van der Waals surface area contributed by atoms with Gasteiger partial charge in [0.05, 0.1) is 23.4 Å². The number of fused-ring (bicyclic) bond motifs is 1. The predicted molar refractivity (Wildman–Crippen MR) is 70.3 cm³/mol. The largest absolute Gasteiger partial charge is 0.276 e. The first-order valence-corrected chi connectivity index (χ1v) is 5.92. The number of carbonyl (C=O) groups is 1. The third-order valence-electron chi connectivity index (χ3n) is 2.71. The van der Waals surface area contributed by atoms with Gasteiger partial charge in [0, 0.05) is 5.39 Å². The lowest BCUT2D eigenvalue weighted by Gasteiger charge is -2.08. The summed E-state index contributed by atoms with van der Waals surface area (Å²) >= 11 is 0. The van der Waals surface area contributed by atoms with Crippen LogP contribution in [0.3, 0.4) is 0 Å². The number of amides is 1. The molecule has 0 fully saturated rings. The van der Waals surface area contributed by atoms with Crippen molar-refractivity contribution in [3.63, 3.8) is 0 Å². The fourth-order valence-electron chi connectivity index (χ4n) is 1.81. The summed E-state index contributed by atoms with van der Waals surface area (Å²) in [6.07, 6.45) is 0. The number of hydroxylamine groups is 1. The molecule has 4 heteroatoms. The maximum Gasteiger partial charge on any atom is 0.276 e. The fraction of sp³-hybridized carbons (Fsp3) is 0.286. The van der Waals surface area contributed by atoms with Gasteiger partial charge in [-0.25, -0.2) is 5.48 Å². The fourth-order valence-corrected chi connectivity index (χ4v) is 1.81. The van der Waals surface area contributed by atoms with Crippen LogP contribution in [0.2, 0.25) is 0 Å². The molecule has 0 saturated heterocycles. The minimum absolute atomic E-state index is 0.259. The van der Waals surface area contributed by atoms with Crippen LogP contribution in [0.1, 0.15) is 28.5 Å². The summed E-state index contributed by atoms with van der Waals surface area (Å²) in [5, 5.41) is 0.960. The Hall–Kier alpha value is -1.94. The van der Waals surface area contributed by atoms with Gasteiger partial charge in [-0.15, -0.1) is 0 Å². The van der Waals surface area contributed by atoms with Crippen LogP contribution in [0.25, 0.3) is 10.9 Å². The quantitative estimate of drug-likeness (QED) is 0.844. The van der Waals surface area contributed by atoms with Crippen LogP contribution in [-0.2, 0) is 4.84 Å². The molecule has 94 valence electrons. The average molecular weight is 244 g/mol. The molecule has 1 heterocycles. The SMILES string of the molecule is CCONC(=O)c1cc2cc(C)ccc2nc1C. The highest BCUT2D eigenvalue weighted by atomic mass is 16.6. The van der Waals surface area contributed by atoms with Gasteiger partial charge in [0.1, 0.15) is 0 Å². The molecule has 1 aromatic carbocycles. The summed E-state index contributed by atoms with van der Waals surface area (Å²) in [5.41, 5.74) is 5.67. The minimum Gasteiger partial charge on any atom is -0.274 e. The summed E-state index contributed by atoms with van der Waals surface area (Å²) in [6.45, 7) is 6.08. The second kappa shape index (κ2) is 5.14. The summed E-state index contributed by atoms with van der Waals surface area (Å²) in [7, 11) is 0. The molecular formula is C14H16N2O2. The Bertz CT molecular complexity index is 594. The van der Waals surface area contributed by atoms with Crippen molar-refractivity contribution in [2.75, 3.05) is 6.61 Å². The maximum absolute atomic E-state index is 11.9. The number of pyridine rings is 1. The van der Waals surface area contributed by atoms with E-state index in [1.54, 1.807) is 0 Å². The Balaban J connectivity index is 2.44. The summed E-state index contributed by atoms with van der Waals surface area (Å²) in [5.74, 6) is -0.259. The standard InChI is InChI=1S/C14H16N2O2/c1-4-18-16-14(17)12-8-11-7-9(2)5-6-13(11)15-10(12)3/h5-8H,4H2,1-3H3,(H,16,17). The van der Waals surface area contributed by atoms with E-state index in [9.17, 15) is 4.79 Å². The van der Waals surface area contributed by atoms with Gasteiger partial charge in [-0.3, -0.25) is 14.6 Å². The smallest absolute Gasteiger partial charge is 0.274 e. The van der Waals surface area contributed by atoms with Gasteiger partial charge in [-0.05, 0) is 39.0 Å². The van der Waals surface area contributed by atoms with Crippen LogP contribution in [0, 0.1) is 13.8 Å². The molecule has 0 radical (unpaired) electrons. The van der Waals surface area contributed by atoms with Crippen molar-refractivity contribution >= 4 is 16.8 Å². The zero-order valence-electron chi connectivity index (χ0n) is 10.8. The van der Waals surface area contributed by atoms with Crippen molar-refractivity contribution in [2.45, 2.75) is 20.8 Å². The molecule has 0 aliphatic carbocycles. The van der Waals surface area contributed by atoms with Gasteiger partial charge in [0.2, 0.25) is 0 Å². The highest BCUT2D eigenvalue weighted by Gasteiger charge is 2.11. The summed E-state index contributed by atoms with van der Waals surface area (Å²) in [6, 6.07) is 7.83. The lowest BCUT2D eigenvalue weighted by molar-refractivity contribution is 0.0364. The van der Waals surface area contributed by atoms with Gasteiger partial charge in [0.15, 0.2) is 0 Å². The lowest BCUT2D eigenvalue weighted by Crippen LogP contribution is -2.24. The first-order chi connectivity index (χ1) is 8.61. The van der Waals surface area contributed by atoms with Crippen molar-refractivity contribution in [1.29, 1.82) is 0 Å². The number of aromatic nitrogens is 1. The molecule has 0 aliphatic rings. The number of benzene rings is 1. The minimum atomic E-state index is -0.259. The second-order valence-electron chi connectivity index (χ2n) is 4.18. The number of aryl methyl sites for hydroxylation is 2. The van der Waals surface area contributed by atoms with E-state index in [1.165, 1.54) is 0 Å². The van der Waals surface area contributed by atoms with Gasteiger partial charge in [-0.2, -0.15) is 0 Å². The van der Waals surface area contributed by atoms with Crippen LogP contribution >= 0.6 is 0 Å². The van der Waals surface area contributed by atoms with E-state index in [0.29, 0.717) is 17.9 Å². The molecule has 18 heavy (non-hydrogen) atoms. The number of nitrogens with one attached hydrogen (secondary N) is 1. The van der Waals surface area contributed by atoms with E-state index in [-0.39, 0.29) is 5.91 Å². The predicted octanol–water partition coefficient (Wildman–Crippen LogP) is 2.53. The van der Waals surface area contributed by atoms with Crippen molar-refractivity contribution in [1.82, 2.24) is 10.5 Å². The number of hydrogen-bond donors (Lipinski definition) is 1. The zero-order valence-corrected chi connectivity index (χ0v) is 10.8. The van der Waals surface area contributed by atoms with Crippen molar-refractivity contribution in [2.24, 2.45) is 0 Å². The number of nitrogens with zero attached hydrogens (tertiary/aromatic N) is 1. The topological polar surface area (TPSA) is 51.2 Å². The molecule has 4 nitrogen and oxygen atoms in total. The van der Waals surface area contributed by atoms with E-state index < -0.39 is 0 Å². The number of carbonyl (C=O) groups excluding carboxylic acids is 1. The summed E-state index contributed by atoms with van der Waals surface area (Å²) < 4.78 is 0. The molecule has 0 spiro atoms. The van der Waals surface area contributed by atoms with Crippen LogP contribution in [0.4, 0.5) is 0 Å². The number of hydrogen-bond acceptors (Lipinski definition) is 3. The van der Waals surface area contributed by atoms with Gasteiger partial charge >= 0.3 is 0 Å². The third-order valence-corrected chi connectivity index (χ3v) is 2.71. The molecule has 1 N–H and O–H groups in total. The molecule has 0 aliphatic heterocycles. The van der Waals surface area contributed by atoms with Crippen molar-refractivity contribution < 1.29 is 9.63 Å². The second-order valence-corrected chi connectivity index (χ2v) is 4.18. The van der Waals surface area contributed by atoms with Crippen LogP contribution in [-0.4, -0.2) is 17.5 Å². The van der Waals surface area contributed by atoms with E-state index in [2.05, 4.69) is 10.5 Å². The monoisotopic (exact) mass is 244 g/mol. The molecule has 2 aromatic rings. The highest BCUT2D eigenvalue weighted by molar-refractivity contribution is 5.98. The Labute approximate surface area is 106 Å². The Kier molecular flexibility index (Phi) is 3.58. The highest BCUT2D eigenvalue weighted by Crippen LogP contribution is 2.18. The lowest BCUT2D eigenvalue weighted by atomic mass is 10.1. The van der Waals surface area contributed by atoms with Crippen molar-refractivity contribution in [3.8, 4) is 0 Å². The molecule has 0 atom stereocenters. The van der Waals surface area contributed by atoms with E-state index >= 15 is 0 Å². The maximum atomic E-state index is 11.9. The molecule has 1 aromatic heterocycles. The first kappa shape index (κ1) is 12.5. The van der Waals surface area contributed by atoms with Crippen molar-refractivity contribution in [3.05, 3.63) is 41.1 Å². The van der Waals surface area contributed by atoms with Crippen LogP contribution in [0.15, 0.2) is 24.3 Å². The Morgan fingerprint density at radius 3 is 2.83 bits per heavy atom. The Morgan fingerprint density at radius 1 is 1.33 bits per heavy atom. The van der Waals surface area contributed by atoms with Crippen LogP contribution < -0.4 is 5.48 Å². The van der Waals surface area contributed by atoms with Gasteiger partial charge in [0.25, 0.3) is 5.91 Å². The van der Waals surface area contributed by atoms with E-state index in [1.807, 2.05) is 45.0 Å².